The number of carbonyl (C=O) groups excluding carboxylic acids is 1. The molecule has 0 spiro atoms. The number of hydrogen-bond donors (Lipinski definition) is 1. The summed E-state index contributed by atoms with van der Waals surface area (Å²) in [6.45, 7) is 1.54. The lowest BCUT2D eigenvalue weighted by Crippen LogP contribution is -2.23. The van der Waals surface area contributed by atoms with Crippen molar-refractivity contribution in [3.63, 3.8) is 0 Å². The summed E-state index contributed by atoms with van der Waals surface area (Å²) in [4.78, 5) is 20.3. The molecule has 0 aliphatic carbocycles. The first-order valence-corrected chi connectivity index (χ1v) is 10.2. The number of aromatic nitrogens is 2. The standard InChI is InChI=1S/C20H14Cl2F3N3OS/c1-11(18(29)26-13-7-8-14(21)15(22)9-13)30-19-27-16(12-5-3-2-4-6-12)10-17(28-19)20(23,24)25/h2-11H,1H3,(H,26,29)/t11-/m1/s1. The molecule has 3 aromatic rings. The minimum absolute atomic E-state index is 0.123. The van der Waals surface area contributed by atoms with Gasteiger partial charge in [-0.1, -0.05) is 65.3 Å². The Morgan fingerprint density at radius 3 is 2.37 bits per heavy atom. The number of carbonyl (C=O) groups is 1. The van der Waals surface area contributed by atoms with Crippen LogP contribution < -0.4 is 5.32 Å². The summed E-state index contributed by atoms with van der Waals surface area (Å²) < 4.78 is 39.9. The first-order valence-electron chi connectivity index (χ1n) is 8.58. The van der Waals surface area contributed by atoms with Crippen molar-refractivity contribution in [2.75, 3.05) is 5.32 Å². The first kappa shape index (κ1) is 22.4. The predicted molar refractivity (Wildman–Crippen MR) is 113 cm³/mol. The van der Waals surface area contributed by atoms with E-state index in [9.17, 15) is 18.0 Å². The van der Waals surface area contributed by atoms with Gasteiger partial charge in [0.25, 0.3) is 0 Å². The maximum Gasteiger partial charge on any atom is 0.433 e. The van der Waals surface area contributed by atoms with Crippen LogP contribution in [0.1, 0.15) is 12.6 Å². The van der Waals surface area contributed by atoms with E-state index in [4.69, 9.17) is 23.2 Å². The number of halogens is 5. The van der Waals surface area contributed by atoms with E-state index in [0.717, 1.165) is 17.8 Å². The van der Waals surface area contributed by atoms with Gasteiger partial charge in [0.2, 0.25) is 5.91 Å². The first-order chi connectivity index (χ1) is 14.1. The zero-order valence-electron chi connectivity index (χ0n) is 15.4. The Labute approximate surface area is 184 Å². The van der Waals surface area contributed by atoms with E-state index < -0.39 is 23.0 Å². The van der Waals surface area contributed by atoms with Crippen molar-refractivity contribution in [3.8, 4) is 11.3 Å². The van der Waals surface area contributed by atoms with Gasteiger partial charge in [-0.05, 0) is 31.2 Å². The van der Waals surface area contributed by atoms with Gasteiger partial charge in [0.15, 0.2) is 5.16 Å². The topological polar surface area (TPSA) is 54.9 Å². The van der Waals surface area contributed by atoms with E-state index in [1.165, 1.54) is 12.1 Å². The highest BCUT2D eigenvalue weighted by Crippen LogP contribution is 2.33. The lowest BCUT2D eigenvalue weighted by molar-refractivity contribution is -0.141. The summed E-state index contributed by atoms with van der Waals surface area (Å²) >= 11 is 12.6. The molecule has 0 bridgehead atoms. The third kappa shape index (κ3) is 5.65. The molecular formula is C20H14Cl2F3N3OS. The summed E-state index contributed by atoms with van der Waals surface area (Å²) in [7, 11) is 0. The number of amides is 1. The lowest BCUT2D eigenvalue weighted by Gasteiger charge is -2.14. The molecule has 0 fully saturated rings. The van der Waals surface area contributed by atoms with Crippen molar-refractivity contribution in [2.24, 2.45) is 0 Å². The van der Waals surface area contributed by atoms with Crippen LogP contribution in [-0.2, 0) is 11.0 Å². The number of hydrogen-bond acceptors (Lipinski definition) is 4. The molecule has 1 atom stereocenters. The fourth-order valence-electron chi connectivity index (χ4n) is 2.41. The van der Waals surface area contributed by atoms with E-state index in [1.54, 1.807) is 43.3 Å². The normalized spacial score (nSPS) is 12.5. The number of alkyl halides is 3. The fraction of sp³-hybridized carbons (Fsp3) is 0.150. The number of benzene rings is 2. The molecule has 1 heterocycles. The van der Waals surface area contributed by atoms with E-state index in [1.807, 2.05) is 0 Å². The molecule has 1 N–H and O–H groups in total. The van der Waals surface area contributed by atoms with Gasteiger partial charge in [0.05, 0.1) is 21.0 Å². The second-order valence-corrected chi connectivity index (χ2v) is 8.29. The van der Waals surface area contributed by atoms with Gasteiger partial charge in [0, 0.05) is 11.3 Å². The number of nitrogens with zero attached hydrogens (tertiary/aromatic N) is 2. The Morgan fingerprint density at radius 2 is 1.73 bits per heavy atom. The Bertz CT molecular complexity index is 1060. The second-order valence-electron chi connectivity index (χ2n) is 6.16. The molecule has 1 aromatic heterocycles. The minimum atomic E-state index is -4.65. The van der Waals surface area contributed by atoms with Crippen LogP contribution in [0.2, 0.25) is 10.0 Å². The van der Waals surface area contributed by atoms with Gasteiger partial charge >= 0.3 is 6.18 Å². The Morgan fingerprint density at radius 1 is 1.03 bits per heavy atom. The van der Waals surface area contributed by atoms with Crippen molar-refractivity contribution in [2.45, 2.75) is 23.5 Å². The van der Waals surface area contributed by atoms with Crippen molar-refractivity contribution >= 4 is 46.6 Å². The highest BCUT2D eigenvalue weighted by molar-refractivity contribution is 8.00. The molecule has 4 nitrogen and oxygen atoms in total. The average Bonchev–Trinajstić information content (AvgIpc) is 2.70. The maximum absolute atomic E-state index is 13.3. The molecule has 0 unspecified atom stereocenters. The molecule has 0 radical (unpaired) electrons. The van der Waals surface area contributed by atoms with Crippen molar-refractivity contribution in [3.05, 3.63) is 70.3 Å². The summed E-state index contributed by atoms with van der Waals surface area (Å²) in [6, 6.07) is 13.9. The van der Waals surface area contributed by atoms with E-state index >= 15 is 0 Å². The Kier molecular flexibility index (Phi) is 6.90. The molecule has 10 heteroatoms. The van der Waals surface area contributed by atoms with Crippen LogP contribution in [0.4, 0.5) is 18.9 Å². The summed E-state index contributed by atoms with van der Waals surface area (Å²) in [6.07, 6.45) is -4.65. The largest absolute Gasteiger partial charge is 0.433 e. The average molecular weight is 472 g/mol. The number of anilines is 1. The van der Waals surface area contributed by atoms with Gasteiger partial charge in [0.1, 0.15) is 5.69 Å². The van der Waals surface area contributed by atoms with Gasteiger partial charge in [-0.25, -0.2) is 9.97 Å². The summed E-state index contributed by atoms with van der Waals surface area (Å²) in [5.74, 6) is -0.444. The predicted octanol–water partition coefficient (Wildman–Crippen LogP) is 6.59. The van der Waals surface area contributed by atoms with Crippen LogP contribution in [0, 0.1) is 0 Å². The fourth-order valence-corrected chi connectivity index (χ4v) is 3.49. The highest BCUT2D eigenvalue weighted by atomic mass is 35.5. The van der Waals surface area contributed by atoms with Crippen LogP contribution in [0.25, 0.3) is 11.3 Å². The summed E-state index contributed by atoms with van der Waals surface area (Å²) in [5, 5.41) is 2.32. The molecule has 2 aromatic carbocycles. The van der Waals surface area contributed by atoms with E-state index in [-0.39, 0.29) is 15.9 Å². The number of thioether (sulfide) groups is 1. The van der Waals surface area contributed by atoms with Crippen molar-refractivity contribution in [1.82, 2.24) is 9.97 Å². The van der Waals surface area contributed by atoms with Crippen LogP contribution in [0.5, 0.6) is 0 Å². The van der Waals surface area contributed by atoms with Gasteiger partial charge in [-0.2, -0.15) is 13.2 Å². The van der Waals surface area contributed by atoms with E-state index in [2.05, 4.69) is 15.3 Å². The zero-order valence-corrected chi connectivity index (χ0v) is 17.7. The zero-order chi connectivity index (χ0) is 21.9. The van der Waals surface area contributed by atoms with Crippen LogP contribution in [0.3, 0.4) is 0 Å². The third-order valence-corrected chi connectivity index (χ3v) is 5.60. The molecular weight excluding hydrogens is 458 g/mol. The maximum atomic E-state index is 13.3. The molecule has 0 saturated carbocycles. The lowest BCUT2D eigenvalue weighted by atomic mass is 10.1. The van der Waals surface area contributed by atoms with Gasteiger partial charge in [-0.3, -0.25) is 4.79 Å². The van der Waals surface area contributed by atoms with Gasteiger partial charge < -0.3 is 5.32 Å². The smallest absolute Gasteiger partial charge is 0.325 e. The Hall–Kier alpha value is -2.29. The van der Waals surface area contributed by atoms with Gasteiger partial charge in [-0.15, -0.1) is 0 Å². The molecule has 0 aliphatic rings. The van der Waals surface area contributed by atoms with Crippen LogP contribution in [0.15, 0.2) is 59.8 Å². The second kappa shape index (κ2) is 9.24. The van der Waals surface area contributed by atoms with Crippen molar-refractivity contribution in [1.29, 1.82) is 0 Å². The number of rotatable bonds is 5. The molecule has 156 valence electrons. The van der Waals surface area contributed by atoms with E-state index in [0.29, 0.717) is 16.3 Å². The molecule has 0 saturated heterocycles. The minimum Gasteiger partial charge on any atom is -0.325 e. The van der Waals surface area contributed by atoms with Crippen LogP contribution >= 0.6 is 35.0 Å². The Balaban J connectivity index is 1.83. The SMILES string of the molecule is C[C@@H](Sc1nc(-c2ccccc2)cc(C(F)(F)F)n1)C(=O)Nc1ccc(Cl)c(Cl)c1. The van der Waals surface area contributed by atoms with Crippen molar-refractivity contribution < 1.29 is 18.0 Å². The van der Waals surface area contributed by atoms with Crippen LogP contribution in [-0.4, -0.2) is 21.1 Å². The molecule has 0 aliphatic heterocycles. The summed E-state index contributed by atoms with van der Waals surface area (Å²) in [5.41, 5.74) is -0.0228. The quantitative estimate of drug-likeness (QED) is 0.336. The molecule has 30 heavy (non-hydrogen) atoms. The molecule has 3 rings (SSSR count). The monoisotopic (exact) mass is 471 g/mol. The third-order valence-electron chi connectivity index (χ3n) is 3.90. The molecule has 1 amide bonds. The highest BCUT2D eigenvalue weighted by Gasteiger charge is 2.34. The number of nitrogens with one attached hydrogen (secondary N) is 1.